The molecule has 1 aromatic heterocycles. The molecule has 140 valence electrons. The predicted molar refractivity (Wildman–Crippen MR) is 104 cm³/mol. The van der Waals surface area contributed by atoms with Gasteiger partial charge in [-0.1, -0.05) is 18.2 Å². The van der Waals surface area contributed by atoms with Gasteiger partial charge in [-0.2, -0.15) is 0 Å². The van der Waals surface area contributed by atoms with E-state index in [4.69, 9.17) is 0 Å². The van der Waals surface area contributed by atoms with E-state index in [9.17, 15) is 9.59 Å². The van der Waals surface area contributed by atoms with Gasteiger partial charge in [0, 0.05) is 31.3 Å². The van der Waals surface area contributed by atoms with Crippen LogP contribution in [0, 0.1) is 6.92 Å². The summed E-state index contributed by atoms with van der Waals surface area (Å²) in [5.74, 6) is 0.514. The van der Waals surface area contributed by atoms with Gasteiger partial charge in [-0.05, 0) is 43.7 Å². The van der Waals surface area contributed by atoms with Crippen LogP contribution in [0.1, 0.15) is 29.0 Å². The highest BCUT2D eigenvalue weighted by atomic mass is 16.5. The molecule has 0 atom stereocenters. The maximum atomic E-state index is 12.7. The number of esters is 1. The molecule has 1 heterocycles. The molecule has 6 heteroatoms. The minimum absolute atomic E-state index is 0.0892. The second-order valence-electron chi connectivity index (χ2n) is 6.44. The van der Waals surface area contributed by atoms with Crippen molar-refractivity contribution in [2.24, 2.45) is 0 Å². The highest BCUT2D eigenvalue weighted by Gasteiger charge is 2.15. The van der Waals surface area contributed by atoms with Crippen LogP contribution >= 0.6 is 0 Å². The number of carbonyl (C=O) groups excluding carboxylic acids is 2. The van der Waals surface area contributed by atoms with E-state index in [0.717, 1.165) is 22.5 Å². The number of methoxy groups -OCH3 is 1. The zero-order valence-corrected chi connectivity index (χ0v) is 15.8. The number of carbonyl (C=O) groups is 2. The number of para-hydroxylation sites is 1. The maximum Gasteiger partial charge on any atom is 0.305 e. The molecular weight excluding hydrogens is 342 g/mol. The van der Waals surface area contributed by atoms with Crippen molar-refractivity contribution in [1.82, 2.24) is 14.5 Å². The number of amides is 1. The average molecular weight is 365 g/mol. The first kappa shape index (κ1) is 18.6. The summed E-state index contributed by atoms with van der Waals surface area (Å²) in [6.45, 7) is 2.44. The Labute approximate surface area is 158 Å². The first-order valence-corrected chi connectivity index (χ1v) is 8.88. The number of nitrogens with zero attached hydrogens (tertiary/aromatic N) is 3. The van der Waals surface area contributed by atoms with Crippen LogP contribution in [0.5, 0.6) is 0 Å². The van der Waals surface area contributed by atoms with Gasteiger partial charge in [-0.3, -0.25) is 14.2 Å². The molecule has 0 fully saturated rings. The van der Waals surface area contributed by atoms with Crippen molar-refractivity contribution in [2.45, 2.75) is 19.8 Å². The molecule has 0 N–H and O–H groups in total. The van der Waals surface area contributed by atoms with Crippen molar-refractivity contribution >= 4 is 22.9 Å². The minimum Gasteiger partial charge on any atom is -0.469 e. The highest BCUT2D eigenvalue weighted by Crippen LogP contribution is 2.22. The molecule has 3 rings (SSSR count). The lowest BCUT2D eigenvalue weighted by atomic mass is 10.1. The molecule has 2 aromatic carbocycles. The van der Waals surface area contributed by atoms with Crippen molar-refractivity contribution in [1.29, 1.82) is 0 Å². The second kappa shape index (κ2) is 8.03. The third kappa shape index (κ3) is 4.00. The Balaban J connectivity index is 1.81. The van der Waals surface area contributed by atoms with Gasteiger partial charge >= 0.3 is 5.97 Å². The summed E-state index contributed by atoms with van der Waals surface area (Å²) in [5.41, 5.74) is 3.37. The zero-order chi connectivity index (χ0) is 19.4. The second-order valence-corrected chi connectivity index (χ2v) is 6.44. The third-order valence-corrected chi connectivity index (χ3v) is 4.53. The minimum atomic E-state index is -0.265. The lowest BCUT2D eigenvalue weighted by Crippen LogP contribution is -2.28. The topological polar surface area (TPSA) is 64.4 Å². The summed E-state index contributed by atoms with van der Waals surface area (Å²) >= 11 is 0. The van der Waals surface area contributed by atoms with Crippen LogP contribution in [-0.2, 0) is 9.53 Å². The van der Waals surface area contributed by atoms with Crippen molar-refractivity contribution in [3.05, 3.63) is 59.9 Å². The van der Waals surface area contributed by atoms with Crippen molar-refractivity contribution in [3.8, 4) is 5.69 Å². The Morgan fingerprint density at radius 1 is 1.15 bits per heavy atom. The number of rotatable bonds is 6. The van der Waals surface area contributed by atoms with Crippen molar-refractivity contribution in [3.63, 3.8) is 0 Å². The Hall–Kier alpha value is -3.15. The standard InChI is InChI=1S/C21H23N3O3/c1-15-22-18-14-16(21(26)23(2)13-7-10-20(25)27-3)11-12-19(18)24(15)17-8-5-4-6-9-17/h4-6,8-9,11-12,14H,7,10,13H2,1-3H3. The van der Waals surface area contributed by atoms with E-state index in [1.54, 1.807) is 11.9 Å². The van der Waals surface area contributed by atoms with Gasteiger partial charge in [0.15, 0.2) is 0 Å². The molecule has 0 bridgehead atoms. The Kier molecular flexibility index (Phi) is 5.54. The molecule has 0 unspecified atom stereocenters. The van der Waals surface area contributed by atoms with E-state index in [0.29, 0.717) is 24.9 Å². The summed E-state index contributed by atoms with van der Waals surface area (Å²) in [4.78, 5) is 30.1. The number of hydrogen-bond acceptors (Lipinski definition) is 4. The first-order chi connectivity index (χ1) is 13.0. The molecule has 1 amide bonds. The fourth-order valence-corrected chi connectivity index (χ4v) is 3.12. The van der Waals surface area contributed by atoms with E-state index in [1.165, 1.54) is 7.11 Å². The van der Waals surface area contributed by atoms with Crippen LogP contribution in [0.4, 0.5) is 0 Å². The fourth-order valence-electron chi connectivity index (χ4n) is 3.12. The maximum absolute atomic E-state index is 12.7. The van der Waals surface area contributed by atoms with Gasteiger partial charge in [0.25, 0.3) is 5.91 Å². The van der Waals surface area contributed by atoms with Gasteiger partial charge in [-0.25, -0.2) is 4.98 Å². The molecule has 27 heavy (non-hydrogen) atoms. The predicted octanol–water partition coefficient (Wildman–Crippen LogP) is 3.36. The van der Waals surface area contributed by atoms with E-state index in [2.05, 4.69) is 14.3 Å². The SMILES string of the molecule is COC(=O)CCCN(C)C(=O)c1ccc2c(c1)nc(C)n2-c1ccccc1. The van der Waals surface area contributed by atoms with Crippen LogP contribution in [0.25, 0.3) is 16.7 Å². The molecule has 0 aliphatic rings. The number of aromatic nitrogens is 2. The molecule has 0 aliphatic heterocycles. The van der Waals surface area contributed by atoms with Gasteiger partial charge < -0.3 is 9.64 Å². The van der Waals surface area contributed by atoms with Gasteiger partial charge in [-0.15, -0.1) is 0 Å². The lowest BCUT2D eigenvalue weighted by Gasteiger charge is -2.17. The molecule has 0 aliphatic carbocycles. The Morgan fingerprint density at radius 3 is 2.59 bits per heavy atom. The summed E-state index contributed by atoms with van der Waals surface area (Å²) in [6, 6.07) is 15.6. The Bertz CT molecular complexity index is 963. The summed E-state index contributed by atoms with van der Waals surface area (Å²) in [7, 11) is 3.10. The summed E-state index contributed by atoms with van der Waals surface area (Å²) in [6.07, 6.45) is 0.868. The first-order valence-electron chi connectivity index (χ1n) is 8.88. The number of benzene rings is 2. The molecule has 0 radical (unpaired) electrons. The number of aryl methyl sites for hydroxylation is 1. The number of hydrogen-bond donors (Lipinski definition) is 0. The van der Waals surface area contributed by atoms with Crippen LogP contribution < -0.4 is 0 Å². The number of imidazole rings is 1. The summed E-state index contributed by atoms with van der Waals surface area (Å²) in [5, 5.41) is 0. The molecule has 0 spiro atoms. The van der Waals surface area contributed by atoms with Gasteiger partial charge in [0.1, 0.15) is 5.82 Å². The largest absolute Gasteiger partial charge is 0.469 e. The average Bonchev–Trinajstić information content (AvgIpc) is 3.02. The summed E-state index contributed by atoms with van der Waals surface area (Å²) < 4.78 is 6.70. The number of ether oxygens (including phenoxy) is 1. The normalized spacial score (nSPS) is 10.8. The van der Waals surface area contributed by atoms with E-state index in [1.807, 2.05) is 55.5 Å². The van der Waals surface area contributed by atoms with Crippen LogP contribution in [0.2, 0.25) is 0 Å². The van der Waals surface area contributed by atoms with Crippen LogP contribution in [0.3, 0.4) is 0 Å². The highest BCUT2D eigenvalue weighted by molar-refractivity contribution is 5.97. The molecule has 3 aromatic rings. The Morgan fingerprint density at radius 2 is 1.89 bits per heavy atom. The van der Waals surface area contributed by atoms with Gasteiger partial charge in [0.2, 0.25) is 0 Å². The van der Waals surface area contributed by atoms with Crippen LogP contribution in [0.15, 0.2) is 48.5 Å². The molecule has 6 nitrogen and oxygen atoms in total. The smallest absolute Gasteiger partial charge is 0.305 e. The van der Waals surface area contributed by atoms with E-state index < -0.39 is 0 Å². The fraction of sp³-hybridized carbons (Fsp3) is 0.286. The molecule has 0 saturated heterocycles. The van der Waals surface area contributed by atoms with Crippen molar-refractivity contribution < 1.29 is 14.3 Å². The van der Waals surface area contributed by atoms with E-state index in [-0.39, 0.29) is 11.9 Å². The number of fused-ring (bicyclic) bond motifs is 1. The van der Waals surface area contributed by atoms with E-state index >= 15 is 0 Å². The lowest BCUT2D eigenvalue weighted by molar-refractivity contribution is -0.140. The monoisotopic (exact) mass is 365 g/mol. The van der Waals surface area contributed by atoms with Gasteiger partial charge in [0.05, 0.1) is 18.1 Å². The quantitative estimate of drug-likeness (QED) is 0.629. The third-order valence-electron chi connectivity index (χ3n) is 4.53. The zero-order valence-electron chi connectivity index (χ0n) is 15.8. The van der Waals surface area contributed by atoms with Crippen molar-refractivity contribution in [2.75, 3.05) is 20.7 Å². The van der Waals surface area contributed by atoms with Crippen LogP contribution in [-0.4, -0.2) is 47.0 Å². The molecular formula is C21H23N3O3. The molecule has 0 saturated carbocycles.